The average Bonchev–Trinajstić information content (AvgIpc) is 3.43. The first-order chi connectivity index (χ1) is 15.2. The third-order valence-corrected chi connectivity index (χ3v) is 5.28. The van der Waals surface area contributed by atoms with E-state index in [0.717, 1.165) is 34.6 Å². The molecule has 3 heterocycles. The summed E-state index contributed by atoms with van der Waals surface area (Å²) in [5, 5.41) is 17.2. The van der Waals surface area contributed by atoms with Crippen LogP contribution in [0.3, 0.4) is 0 Å². The Bertz CT molecular complexity index is 1210. The highest BCUT2D eigenvalue weighted by molar-refractivity contribution is 5.71. The lowest BCUT2D eigenvalue weighted by Gasteiger charge is -2.24. The molecule has 5 rings (SSSR count). The van der Waals surface area contributed by atoms with E-state index in [-0.39, 0.29) is 12.7 Å². The molecule has 0 fully saturated rings. The number of nitrogens with zero attached hydrogens (tertiary/aromatic N) is 2. The van der Waals surface area contributed by atoms with E-state index in [9.17, 15) is 5.26 Å². The summed E-state index contributed by atoms with van der Waals surface area (Å²) in [4.78, 5) is 0. The Labute approximate surface area is 178 Å². The van der Waals surface area contributed by atoms with Gasteiger partial charge in [-0.15, -0.1) is 5.10 Å². The molecule has 156 valence electrons. The molecule has 2 aliphatic rings. The largest absolute Gasteiger partial charge is 0.494 e. The van der Waals surface area contributed by atoms with Gasteiger partial charge in [0.05, 0.1) is 23.8 Å². The van der Waals surface area contributed by atoms with Crippen LogP contribution in [0.5, 0.6) is 23.1 Å². The van der Waals surface area contributed by atoms with Crippen molar-refractivity contribution in [3.63, 3.8) is 0 Å². The van der Waals surface area contributed by atoms with Crippen LogP contribution in [0.2, 0.25) is 0 Å². The van der Waals surface area contributed by atoms with Crippen LogP contribution in [-0.4, -0.2) is 23.6 Å². The number of ether oxygens (including phenoxy) is 4. The van der Waals surface area contributed by atoms with E-state index in [1.165, 1.54) is 0 Å². The summed E-state index contributed by atoms with van der Waals surface area (Å²) in [7, 11) is 0. The number of hydrogen-bond acceptors (Lipinski definition) is 7. The summed E-state index contributed by atoms with van der Waals surface area (Å²) in [6.45, 7) is 2.90. The number of nitriles is 1. The zero-order valence-electron chi connectivity index (χ0n) is 16.8. The second kappa shape index (κ2) is 7.61. The van der Waals surface area contributed by atoms with Crippen molar-refractivity contribution in [2.45, 2.75) is 19.3 Å². The van der Waals surface area contributed by atoms with Crippen LogP contribution in [0.15, 0.2) is 53.9 Å². The molecular weight excluding hydrogens is 396 g/mol. The molecule has 0 bridgehead atoms. The normalized spacial score (nSPS) is 16.5. The van der Waals surface area contributed by atoms with E-state index >= 15 is 0 Å². The third kappa shape index (κ3) is 3.20. The number of fused-ring (bicyclic) bond motifs is 2. The summed E-state index contributed by atoms with van der Waals surface area (Å²) >= 11 is 0. The molecule has 0 amide bonds. The van der Waals surface area contributed by atoms with Gasteiger partial charge in [0.2, 0.25) is 18.6 Å². The minimum Gasteiger partial charge on any atom is -0.494 e. The molecular formula is C23H20N4O4. The number of H-pyrrole nitrogens is 1. The second-order valence-corrected chi connectivity index (χ2v) is 7.23. The molecule has 31 heavy (non-hydrogen) atoms. The van der Waals surface area contributed by atoms with Crippen LogP contribution in [0.4, 0.5) is 0 Å². The SMILES string of the molecule is CCCOc1ccc(-c2[nH]nc3c2[C@H](c2ccc4c(c2)OCO4)C(C#N)=C(N)O3)cc1. The topological polar surface area (TPSA) is 115 Å². The number of hydrogen-bond donors (Lipinski definition) is 2. The molecule has 0 radical (unpaired) electrons. The zero-order chi connectivity index (χ0) is 21.4. The van der Waals surface area contributed by atoms with Gasteiger partial charge in [-0.3, -0.25) is 5.10 Å². The highest BCUT2D eigenvalue weighted by Crippen LogP contribution is 2.47. The predicted octanol–water partition coefficient (Wildman–Crippen LogP) is 3.81. The fraction of sp³-hybridized carbons (Fsp3) is 0.217. The fourth-order valence-corrected chi connectivity index (χ4v) is 3.83. The first kappa shape index (κ1) is 18.9. The second-order valence-electron chi connectivity index (χ2n) is 7.23. The molecule has 0 unspecified atom stereocenters. The van der Waals surface area contributed by atoms with Crippen LogP contribution in [0.1, 0.15) is 30.4 Å². The molecule has 1 aromatic heterocycles. The maximum absolute atomic E-state index is 9.86. The number of benzene rings is 2. The highest BCUT2D eigenvalue weighted by atomic mass is 16.7. The fourth-order valence-electron chi connectivity index (χ4n) is 3.83. The van der Waals surface area contributed by atoms with Gasteiger partial charge < -0.3 is 24.7 Å². The summed E-state index contributed by atoms with van der Waals surface area (Å²) in [6.07, 6.45) is 0.940. The van der Waals surface area contributed by atoms with E-state index in [4.69, 9.17) is 24.7 Å². The van der Waals surface area contributed by atoms with Gasteiger partial charge in [0, 0.05) is 5.56 Å². The molecule has 2 aliphatic heterocycles. The molecule has 1 atom stereocenters. The summed E-state index contributed by atoms with van der Waals surface area (Å²) < 4.78 is 22.3. The Morgan fingerprint density at radius 3 is 2.77 bits per heavy atom. The minimum atomic E-state index is -0.465. The van der Waals surface area contributed by atoms with Crippen molar-refractivity contribution in [2.24, 2.45) is 5.73 Å². The maximum Gasteiger partial charge on any atom is 0.244 e. The van der Waals surface area contributed by atoms with E-state index in [1.807, 2.05) is 42.5 Å². The lowest BCUT2D eigenvalue weighted by Crippen LogP contribution is -2.21. The van der Waals surface area contributed by atoms with Crippen molar-refractivity contribution in [2.75, 3.05) is 13.4 Å². The molecule has 3 N–H and O–H groups in total. The Morgan fingerprint density at radius 2 is 2.00 bits per heavy atom. The van der Waals surface area contributed by atoms with E-state index in [1.54, 1.807) is 0 Å². The van der Waals surface area contributed by atoms with Gasteiger partial charge in [-0.2, -0.15) is 5.26 Å². The lowest BCUT2D eigenvalue weighted by atomic mass is 9.83. The van der Waals surface area contributed by atoms with E-state index in [2.05, 4.69) is 23.2 Å². The van der Waals surface area contributed by atoms with Crippen LogP contribution in [0.25, 0.3) is 11.3 Å². The number of nitrogens with two attached hydrogens (primary N) is 1. The molecule has 2 aromatic carbocycles. The number of aromatic nitrogens is 2. The van der Waals surface area contributed by atoms with Crippen molar-refractivity contribution >= 4 is 0 Å². The van der Waals surface area contributed by atoms with Gasteiger partial charge in [0.25, 0.3) is 0 Å². The zero-order valence-corrected chi connectivity index (χ0v) is 16.8. The predicted molar refractivity (Wildman–Crippen MR) is 112 cm³/mol. The van der Waals surface area contributed by atoms with Gasteiger partial charge in [0.15, 0.2) is 11.5 Å². The quantitative estimate of drug-likeness (QED) is 0.650. The maximum atomic E-state index is 9.86. The molecule has 8 nitrogen and oxygen atoms in total. The first-order valence-corrected chi connectivity index (χ1v) is 9.98. The Balaban J connectivity index is 1.60. The average molecular weight is 416 g/mol. The van der Waals surface area contributed by atoms with Crippen LogP contribution in [-0.2, 0) is 0 Å². The Kier molecular flexibility index (Phi) is 4.64. The minimum absolute atomic E-state index is 0.0408. The number of rotatable bonds is 5. The lowest BCUT2D eigenvalue weighted by molar-refractivity contribution is 0.174. The van der Waals surface area contributed by atoms with Gasteiger partial charge in [-0.05, 0) is 48.4 Å². The summed E-state index contributed by atoms with van der Waals surface area (Å²) in [5.41, 5.74) is 9.60. The molecule has 0 saturated heterocycles. The van der Waals surface area contributed by atoms with Crippen molar-refractivity contribution in [1.29, 1.82) is 5.26 Å². The molecule has 0 aliphatic carbocycles. The monoisotopic (exact) mass is 416 g/mol. The van der Waals surface area contributed by atoms with Crippen LogP contribution < -0.4 is 24.7 Å². The van der Waals surface area contributed by atoms with Gasteiger partial charge in [-0.25, -0.2) is 0 Å². The van der Waals surface area contributed by atoms with E-state index < -0.39 is 5.92 Å². The van der Waals surface area contributed by atoms with Crippen molar-refractivity contribution in [1.82, 2.24) is 10.2 Å². The molecule has 0 spiro atoms. The number of nitrogens with one attached hydrogen (secondary N) is 1. The van der Waals surface area contributed by atoms with Crippen LogP contribution >= 0.6 is 0 Å². The van der Waals surface area contributed by atoms with Crippen molar-refractivity contribution in [3.05, 3.63) is 65.0 Å². The van der Waals surface area contributed by atoms with Gasteiger partial charge in [-0.1, -0.05) is 13.0 Å². The van der Waals surface area contributed by atoms with Gasteiger partial charge >= 0.3 is 0 Å². The molecule has 3 aromatic rings. The Morgan fingerprint density at radius 1 is 1.19 bits per heavy atom. The number of allylic oxidation sites excluding steroid dienone is 1. The van der Waals surface area contributed by atoms with Gasteiger partial charge in [0.1, 0.15) is 17.4 Å². The van der Waals surface area contributed by atoms with Crippen molar-refractivity contribution < 1.29 is 18.9 Å². The highest BCUT2D eigenvalue weighted by Gasteiger charge is 2.36. The smallest absolute Gasteiger partial charge is 0.244 e. The first-order valence-electron chi connectivity index (χ1n) is 9.98. The van der Waals surface area contributed by atoms with Crippen LogP contribution in [0, 0.1) is 11.3 Å². The van der Waals surface area contributed by atoms with Crippen molar-refractivity contribution in [3.8, 4) is 40.5 Å². The standard InChI is InChI=1S/C23H20N4O4/c1-2-9-28-15-6-3-13(4-7-15)21-20-19(14-5-8-17-18(10-14)30-12-29-17)16(11-24)22(25)31-23(20)27-26-21/h3-8,10,19H,2,9,12,25H2,1H3,(H,26,27)/t19-/m1/s1. The summed E-state index contributed by atoms with van der Waals surface area (Å²) in [5.74, 6) is 2.02. The van der Waals surface area contributed by atoms with E-state index in [0.29, 0.717) is 29.6 Å². The molecule has 8 heteroatoms. The number of aromatic amines is 1. The summed E-state index contributed by atoms with van der Waals surface area (Å²) in [6, 6.07) is 15.5. The Hall–Kier alpha value is -4.12. The molecule has 0 saturated carbocycles. The third-order valence-electron chi connectivity index (χ3n) is 5.28.